The van der Waals surface area contributed by atoms with Crippen LogP contribution in [0.5, 0.6) is 5.75 Å². The van der Waals surface area contributed by atoms with Crippen molar-refractivity contribution in [3.05, 3.63) is 244 Å². The lowest BCUT2D eigenvalue weighted by Crippen LogP contribution is -2.62. The highest BCUT2D eigenvalue weighted by molar-refractivity contribution is 7.98. The highest BCUT2D eigenvalue weighted by Crippen LogP contribution is 2.32. The van der Waals surface area contributed by atoms with Crippen molar-refractivity contribution in [2.75, 3.05) is 13.7 Å². The lowest BCUT2D eigenvalue weighted by molar-refractivity contribution is -0.227. The number of thioether (sulfide) groups is 1. The highest BCUT2D eigenvalue weighted by atomic mass is 32.2. The summed E-state index contributed by atoms with van der Waals surface area (Å²) in [6.07, 6.45) is -7.80. The summed E-state index contributed by atoms with van der Waals surface area (Å²) in [5, 5.41) is 0.477. The number of hydrogen-bond acceptors (Lipinski definition) is 15. The van der Waals surface area contributed by atoms with Crippen molar-refractivity contribution in [1.29, 1.82) is 0 Å². The van der Waals surface area contributed by atoms with Crippen molar-refractivity contribution in [3.8, 4) is 11.4 Å². The van der Waals surface area contributed by atoms with Gasteiger partial charge in [0.1, 0.15) is 18.5 Å². The molecule has 1 aliphatic rings. The van der Waals surface area contributed by atoms with Gasteiger partial charge in [0.25, 0.3) is 0 Å². The van der Waals surface area contributed by atoms with E-state index in [1.54, 1.807) is 141 Å². The van der Waals surface area contributed by atoms with Gasteiger partial charge in [-0.05, 0) is 90.5 Å². The number of para-hydroxylation sites is 1. The zero-order valence-corrected chi connectivity index (χ0v) is 40.8. The van der Waals surface area contributed by atoms with E-state index in [2.05, 4.69) is 0 Å². The van der Waals surface area contributed by atoms with Gasteiger partial charge in [0.05, 0.1) is 40.7 Å². The molecule has 0 spiro atoms. The van der Waals surface area contributed by atoms with Crippen molar-refractivity contribution in [3.63, 3.8) is 0 Å². The van der Waals surface area contributed by atoms with E-state index in [0.717, 1.165) is 16.9 Å². The van der Waals surface area contributed by atoms with Gasteiger partial charge in [-0.1, -0.05) is 144 Å². The average molecular weight is 1010 g/mol. The number of aromatic nitrogens is 2. The number of esters is 4. The molecule has 0 unspecified atom stereocenters. The Labute approximate surface area is 428 Å². The van der Waals surface area contributed by atoms with E-state index in [-0.39, 0.29) is 27.1 Å². The molecule has 2 heterocycles. The molecule has 366 valence electrons. The van der Waals surface area contributed by atoms with Gasteiger partial charge in [0.2, 0.25) is 4.80 Å². The third-order valence-electron chi connectivity index (χ3n) is 11.3. The summed E-state index contributed by atoms with van der Waals surface area (Å²) >= 11 is 2.54. The summed E-state index contributed by atoms with van der Waals surface area (Å²) in [6, 6.07) is 59.4. The molecule has 8 aromatic rings. The Morgan fingerprint density at radius 1 is 0.575 bits per heavy atom. The van der Waals surface area contributed by atoms with Crippen LogP contribution in [0.3, 0.4) is 0 Å². The molecular formula is C57H46N4O10S2. The van der Waals surface area contributed by atoms with Crippen LogP contribution in [0.1, 0.15) is 47.0 Å². The number of ether oxygens (including phenoxy) is 6. The van der Waals surface area contributed by atoms with Gasteiger partial charge in [-0.2, -0.15) is 4.98 Å². The lowest BCUT2D eigenvalue weighted by Gasteiger charge is -2.43. The summed E-state index contributed by atoms with van der Waals surface area (Å²) in [4.78, 5) is 72.5. The summed E-state index contributed by atoms with van der Waals surface area (Å²) in [5.74, 6) is -2.08. The fraction of sp³-hybridized carbons (Fsp3) is 0.140. The SMILES string of the molecule is COc1ccc(-n2c(SCc3ccccc3)nc(=Nc3ccccc3)s/c2=N\[C@@H]2O[C@H](COC(=O)c3ccccc3)[C@@H](OC(=O)c3ccccc3)[C@H](OC(=O)c3ccccc3)[C@H]2OC(=O)c2ccccc2)cc1. The van der Waals surface area contributed by atoms with Crippen molar-refractivity contribution >= 4 is 52.7 Å². The molecule has 16 heteroatoms. The Kier molecular flexibility index (Phi) is 16.4. The smallest absolute Gasteiger partial charge is 0.338 e. The predicted octanol–water partition coefficient (Wildman–Crippen LogP) is 9.63. The van der Waals surface area contributed by atoms with Crippen LogP contribution in [0, 0.1) is 0 Å². The number of carbonyl (C=O) groups excluding carboxylic acids is 4. The Morgan fingerprint density at radius 2 is 1.04 bits per heavy atom. The minimum Gasteiger partial charge on any atom is -0.497 e. The van der Waals surface area contributed by atoms with E-state index in [0.29, 0.717) is 32.8 Å². The lowest BCUT2D eigenvalue weighted by atomic mass is 9.97. The van der Waals surface area contributed by atoms with E-state index < -0.39 is 61.1 Å². The molecule has 0 N–H and O–H groups in total. The number of benzene rings is 7. The molecule has 1 aliphatic heterocycles. The number of nitrogens with zero attached hydrogens (tertiary/aromatic N) is 4. The molecule has 0 radical (unpaired) electrons. The summed E-state index contributed by atoms with van der Waals surface area (Å²) < 4.78 is 39.2. The molecule has 0 amide bonds. The first kappa shape index (κ1) is 49.5. The third-order valence-corrected chi connectivity index (χ3v) is 13.1. The molecule has 1 saturated heterocycles. The number of rotatable bonds is 16. The Bertz CT molecular complexity index is 3280. The zero-order chi connectivity index (χ0) is 50.4. The first-order valence-corrected chi connectivity index (χ1v) is 24.8. The fourth-order valence-corrected chi connectivity index (χ4v) is 9.60. The maximum atomic E-state index is 14.4. The molecule has 0 saturated carbocycles. The standard InChI is InChI=1S/C57H46N4O10S2/c1-66-45-34-32-44(33-35-45)61-56(72-37-38-20-8-2-9-21-38)60-55(58-43-30-18-7-19-31-43)73-57(61)59-50-49(71-54(65)42-28-16-6-17-29-42)48(70-53(64)41-26-14-5-15-27-41)47(69-52(63)40-24-12-4-13-25-40)46(68-50)36-67-51(62)39-22-10-3-11-23-39/h2-35,46-50H,36-37H2,1H3/b58-55?,59-57-/t46-,47-,48+,49-,50-/m1/s1. The van der Waals surface area contributed by atoms with Gasteiger partial charge in [-0.3, -0.25) is 4.57 Å². The average Bonchev–Trinajstić information content (AvgIpc) is 3.44. The van der Waals surface area contributed by atoms with E-state index >= 15 is 0 Å². The number of hydrogen-bond donors (Lipinski definition) is 0. The largest absolute Gasteiger partial charge is 0.497 e. The molecule has 1 aromatic heterocycles. The number of methoxy groups -OCH3 is 1. The van der Waals surface area contributed by atoms with E-state index in [1.165, 1.54) is 11.8 Å². The first-order valence-electron chi connectivity index (χ1n) is 23.0. The van der Waals surface area contributed by atoms with Gasteiger partial charge >= 0.3 is 23.9 Å². The van der Waals surface area contributed by atoms with Crippen molar-refractivity contribution < 1.29 is 47.6 Å². The van der Waals surface area contributed by atoms with Gasteiger partial charge in [-0.25, -0.2) is 29.2 Å². The van der Waals surface area contributed by atoms with Crippen molar-refractivity contribution in [1.82, 2.24) is 9.55 Å². The molecule has 5 atom stereocenters. The van der Waals surface area contributed by atoms with Crippen LogP contribution >= 0.6 is 23.1 Å². The Hall–Kier alpha value is -8.44. The van der Waals surface area contributed by atoms with E-state index in [9.17, 15) is 19.2 Å². The van der Waals surface area contributed by atoms with Crippen molar-refractivity contribution in [2.45, 2.75) is 41.6 Å². The third kappa shape index (κ3) is 12.7. The topological polar surface area (TPSA) is 166 Å². The molecule has 14 nitrogen and oxygen atoms in total. The summed E-state index contributed by atoms with van der Waals surface area (Å²) in [7, 11) is 1.57. The Morgan fingerprint density at radius 3 is 1.56 bits per heavy atom. The van der Waals surface area contributed by atoms with Crippen LogP contribution in [0.25, 0.3) is 5.69 Å². The van der Waals surface area contributed by atoms with Crippen LogP contribution in [0.4, 0.5) is 5.69 Å². The first-order chi connectivity index (χ1) is 35.8. The second-order valence-corrected chi connectivity index (χ2v) is 18.1. The van der Waals surface area contributed by atoms with Crippen LogP contribution in [-0.4, -0.2) is 77.8 Å². The molecular weight excluding hydrogens is 965 g/mol. The van der Waals surface area contributed by atoms with Crippen molar-refractivity contribution in [2.24, 2.45) is 9.98 Å². The summed E-state index contributed by atoms with van der Waals surface area (Å²) in [5.41, 5.74) is 2.99. The van der Waals surface area contributed by atoms with Crippen LogP contribution in [-0.2, 0) is 29.4 Å². The molecule has 7 aromatic carbocycles. The maximum Gasteiger partial charge on any atom is 0.338 e. The molecule has 0 aliphatic carbocycles. The molecule has 73 heavy (non-hydrogen) atoms. The second kappa shape index (κ2) is 24.1. The van der Waals surface area contributed by atoms with Crippen LogP contribution < -0.4 is 14.3 Å². The number of carbonyl (C=O) groups is 4. The van der Waals surface area contributed by atoms with Gasteiger partial charge in [-0.15, -0.1) is 0 Å². The van der Waals surface area contributed by atoms with E-state index in [4.69, 9.17) is 43.4 Å². The fourth-order valence-electron chi connectivity index (χ4n) is 7.64. The van der Waals surface area contributed by atoms with Crippen LogP contribution in [0.15, 0.2) is 221 Å². The van der Waals surface area contributed by atoms with Gasteiger partial charge < -0.3 is 28.4 Å². The Balaban J connectivity index is 1.27. The predicted molar refractivity (Wildman–Crippen MR) is 274 cm³/mol. The quantitative estimate of drug-likeness (QED) is 0.0512. The molecule has 1 fully saturated rings. The van der Waals surface area contributed by atoms with E-state index in [1.807, 2.05) is 77.4 Å². The summed E-state index contributed by atoms with van der Waals surface area (Å²) in [6.45, 7) is -0.532. The second-order valence-electron chi connectivity index (χ2n) is 16.2. The normalized spacial score (nSPS) is 17.7. The molecule has 0 bridgehead atoms. The maximum absolute atomic E-state index is 14.4. The van der Waals surface area contributed by atoms with Crippen LogP contribution in [0.2, 0.25) is 0 Å². The highest BCUT2D eigenvalue weighted by Gasteiger charge is 2.53. The van der Waals surface area contributed by atoms with Gasteiger partial charge in [0, 0.05) is 5.75 Å². The minimum absolute atomic E-state index is 0.150. The molecule has 9 rings (SSSR count). The monoisotopic (exact) mass is 1010 g/mol. The van der Waals surface area contributed by atoms with Gasteiger partial charge in [0.15, 0.2) is 34.5 Å². The zero-order valence-electron chi connectivity index (χ0n) is 39.1. The minimum atomic E-state index is -1.64.